The highest BCUT2D eigenvalue weighted by Gasteiger charge is 2.24. The number of rotatable bonds is 5. The molecule has 27 heavy (non-hydrogen) atoms. The van der Waals surface area contributed by atoms with Gasteiger partial charge < -0.3 is 5.73 Å². The van der Waals surface area contributed by atoms with Crippen LogP contribution in [0, 0.1) is 0 Å². The fourth-order valence-corrected chi connectivity index (χ4v) is 2.86. The van der Waals surface area contributed by atoms with Crippen LogP contribution in [0.3, 0.4) is 0 Å². The number of benzene rings is 2. The van der Waals surface area contributed by atoms with Crippen LogP contribution >= 0.6 is 11.6 Å². The number of hydrogen-bond donors (Lipinski definition) is 2. The molecule has 0 aliphatic carbocycles. The zero-order valence-electron chi connectivity index (χ0n) is 14.0. The molecule has 0 bridgehead atoms. The van der Waals surface area contributed by atoms with Gasteiger partial charge in [-0.3, -0.25) is 9.78 Å². The zero-order valence-corrected chi connectivity index (χ0v) is 14.7. The molecule has 3 aromatic rings. The first-order chi connectivity index (χ1) is 12.9. The molecule has 1 atom stereocenters. The molecule has 0 saturated heterocycles. The first-order valence-electron chi connectivity index (χ1n) is 7.95. The number of hydrogen-bond acceptors (Lipinski definition) is 4. The predicted molar refractivity (Wildman–Crippen MR) is 100 cm³/mol. The second kappa shape index (κ2) is 7.46. The Bertz CT molecular complexity index is 1150. The summed E-state index contributed by atoms with van der Waals surface area (Å²) in [5.41, 5.74) is 3.45. The molecule has 1 aromatic heterocycles. The summed E-state index contributed by atoms with van der Waals surface area (Å²) in [6, 6.07) is 13.4. The highest BCUT2D eigenvalue weighted by Crippen LogP contribution is 2.12. The second-order valence-corrected chi connectivity index (χ2v) is 6.24. The molecule has 9 heteroatoms. The predicted octanol–water partition coefficient (Wildman–Crippen LogP) is 0.610. The summed E-state index contributed by atoms with van der Waals surface area (Å²) in [4.78, 5) is 51.4. The lowest BCUT2D eigenvalue weighted by Crippen LogP contribution is -2.52. The summed E-state index contributed by atoms with van der Waals surface area (Å²) >= 11 is 5.83. The maximum Gasteiger partial charge on any atom is 0.341 e. The number of nitrogens with two attached hydrogens (primary N) is 1. The van der Waals surface area contributed by atoms with Crippen LogP contribution in [-0.2, 0) is 11.2 Å². The molecule has 3 rings (SSSR count). The molecule has 0 fully saturated rings. The Kier molecular flexibility index (Phi) is 5.09. The summed E-state index contributed by atoms with van der Waals surface area (Å²) in [7, 11) is 0. The van der Waals surface area contributed by atoms with Gasteiger partial charge in [0.1, 0.15) is 6.04 Å². The minimum absolute atomic E-state index is 0.0258. The van der Waals surface area contributed by atoms with Crippen molar-refractivity contribution in [2.24, 2.45) is 5.73 Å². The van der Waals surface area contributed by atoms with E-state index in [0.29, 0.717) is 15.2 Å². The van der Waals surface area contributed by atoms with Crippen LogP contribution < -0.4 is 22.8 Å². The number of aromatic nitrogens is 3. The topological polar surface area (TPSA) is 120 Å². The van der Waals surface area contributed by atoms with E-state index in [1.54, 1.807) is 30.3 Å². The summed E-state index contributed by atoms with van der Waals surface area (Å²) in [6.07, 6.45) is 0.0258. The number of primary amides is 1. The minimum atomic E-state index is -1.26. The van der Waals surface area contributed by atoms with Gasteiger partial charge in [0.2, 0.25) is 5.91 Å². The van der Waals surface area contributed by atoms with Crippen LogP contribution in [-0.4, -0.2) is 20.0 Å². The fraction of sp³-hybridized carbons (Fsp3) is 0.111. The van der Waals surface area contributed by atoms with Gasteiger partial charge >= 0.3 is 17.1 Å². The van der Waals surface area contributed by atoms with Gasteiger partial charge in [-0.05, 0) is 29.8 Å². The first-order valence-corrected chi connectivity index (χ1v) is 8.33. The van der Waals surface area contributed by atoms with E-state index in [9.17, 15) is 19.2 Å². The number of carbonyl (C=O) groups excluding carboxylic acids is 1. The maximum atomic E-state index is 12.9. The SMILES string of the molecule is NC(=O)[C@H](Cc1ccccc1)n1c(=O)[nH]c(=O)n(-c2ccc(Cl)cc2)c1=O. The average molecular weight is 387 g/mol. The highest BCUT2D eigenvalue weighted by molar-refractivity contribution is 6.30. The average Bonchev–Trinajstić information content (AvgIpc) is 2.63. The van der Waals surface area contributed by atoms with E-state index in [0.717, 1.165) is 4.57 Å². The van der Waals surface area contributed by atoms with Crippen LogP contribution in [0.1, 0.15) is 11.6 Å². The third-order valence-electron chi connectivity index (χ3n) is 4.03. The molecule has 0 spiro atoms. The number of amides is 1. The molecule has 0 unspecified atom stereocenters. The van der Waals surface area contributed by atoms with E-state index in [-0.39, 0.29) is 12.1 Å². The van der Waals surface area contributed by atoms with Gasteiger partial charge in [-0.2, -0.15) is 0 Å². The van der Waals surface area contributed by atoms with Crippen molar-refractivity contribution in [3.8, 4) is 5.69 Å². The van der Waals surface area contributed by atoms with Crippen LogP contribution in [0.2, 0.25) is 5.02 Å². The molecular weight excluding hydrogens is 372 g/mol. The quantitative estimate of drug-likeness (QED) is 0.667. The van der Waals surface area contributed by atoms with Crippen LogP contribution in [0.5, 0.6) is 0 Å². The minimum Gasteiger partial charge on any atom is -0.368 e. The zero-order chi connectivity index (χ0) is 19.6. The lowest BCUT2D eigenvalue weighted by atomic mass is 10.1. The Morgan fingerprint density at radius 3 is 2.22 bits per heavy atom. The maximum absolute atomic E-state index is 12.9. The molecule has 0 aliphatic heterocycles. The van der Waals surface area contributed by atoms with Crippen molar-refractivity contribution in [1.82, 2.24) is 14.1 Å². The van der Waals surface area contributed by atoms with E-state index in [1.165, 1.54) is 24.3 Å². The molecule has 3 N–H and O–H groups in total. The second-order valence-electron chi connectivity index (χ2n) is 5.81. The molecular formula is C18H15ClN4O4. The van der Waals surface area contributed by atoms with E-state index in [4.69, 9.17) is 17.3 Å². The molecule has 0 saturated carbocycles. The summed E-state index contributed by atoms with van der Waals surface area (Å²) in [5.74, 6) is -0.868. The van der Waals surface area contributed by atoms with E-state index >= 15 is 0 Å². The Hall–Kier alpha value is -3.39. The number of nitrogens with zero attached hydrogens (tertiary/aromatic N) is 2. The molecule has 0 aliphatic rings. The first kappa shape index (κ1) is 18.4. The summed E-state index contributed by atoms with van der Waals surface area (Å²) < 4.78 is 1.41. The Morgan fingerprint density at radius 1 is 1.00 bits per heavy atom. The molecule has 1 heterocycles. The van der Waals surface area contributed by atoms with Gasteiger partial charge in [-0.1, -0.05) is 41.9 Å². The van der Waals surface area contributed by atoms with Crippen molar-refractivity contribution in [3.63, 3.8) is 0 Å². The van der Waals surface area contributed by atoms with Gasteiger partial charge in [0, 0.05) is 11.4 Å². The third-order valence-corrected chi connectivity index (χ3v) is 4.28. The van der Waals surface area contributed by atoms with Crippen molar-refractivity contribution in [3.05, 3.63) is 96.6 Å². The number of nitrogens with one attached hydrogen (secondary N) is 1. The van der Waals surface area contributed by atoms with E-state index in [1.807, 2.05) is 0 Å². The van der Waals surface area contributed by atoms with Gasteiger partial charge in [0.15, 0.2) is 0 Å². The lowest BCUT2D eigenvalue weighted by molar-refractivity contribution is -0.121. The van der Waals surface area contributed by atoms with Gasteiger partial charge in [-0.15, -0.1) is 0 Å². The van der Waals surface area contributed by atoms with Crippen molar-refractivity contribution >= 4 is 17.5 Å². The number of aromatic amines is 1. The van der Waals surface area contributed by atoms with E-state index in [2.05, 4.69) is 4.98 Å². The smallest absolute Gasteiger partial charge is 0.341 e. The molecule has 138 valence electrons. The van der Waals surface area contributed by atoms with Crippen molar-refractivity contribution in [1.29, 1.82) is 0 Å². The Balaban J connectivity index is 2.19. The summed E-state index contributed by atoms with van der Waals surface area (Å²) in [6.45, 7) is 0. The Labute approximate surface area is 157 Å². The normalized spacial score (nSPS) is 11.9. The monoisotopic (exact) mass is 386 g/mol. The van der Waals surface area contributed by atoms with Gasteiger partial charge in [0.05, 0.1) is 5.69 Å². The van der Waals surface area contributed by atoms with Crippen molar-refractivity contribution < 1.29 is 4.79 Å². The Morgan fingerprint density at radius 2 is 1.63 bits per heavy atom. The molecule has 8 nitrogen and oxygen atoms in total. The largest absolute Gasteiger partial charge is 0.368 e. The van der Waals surface area contributed by atoms with Crippen molar-refractivity contribution in [2.45, 2.75) is 12.5 Å². The van der Waals surface area contributed by atoms with Crippen molar-refractivity contribution in [2.75, 3.05) is 0 Å². The molecule has 0 radical (unpaired) electrons. The van der Waals surface area contributed by atoms with Crippen LogP contribution in [0.25, 0.3) is 5.69 Å². The van der Waals surface area contributed by atoms with Gasteiger partial charge in [0.25, 0.3) is 0 Å². The fourth-order valence-electron chi connectivity index (χ4n) is 2.74. The van der Waals surface area contributed by atoms with Gasteiger partial charge in [-0.25, -0.2) is 23.5 Å². The number of halogens is 1. The molecule has 2 aromatic carbocycles. The standard InChI is InChI=1S/C18H15ClN4O4/c19-12-6-8-13(9-7-12)22-16(25)21-17(26)23(18(22)27)14(15(20)24)10-11-4-2-1-3-5-11/h1-9,14H,10H2,(H2,20,24)(H,21,25,26)/t14-/m0/s1. The molecule has 1 amide bonds. The number of H-pyrrole nitrogens is 1. The summed E-state index contributed by atoms with van der Waals surface area (Å²) in [5, 5.41) is 0.413. The van der Waals surface area contributed by atoms with E-state index < -0.39 is 29.0 Å². The number of carbonyl (C=O) groups is 1. The van der Waals surface area contributed by atoms with Crippen LogP contribution in [0.4, 0.5) is 0 Å². The van der Waals surface area contributed by atoms with Crippen LogP contribution in [0.15, 0.2) is 69.0 Å². The third kappa shape index (κ3) is 3.75. The highest BCUT2D eigenvalue weighted by atomic mass is 35.5. The lowest BCUT2D eigenvalue weighted by Gasteiger charge is -2.17.